The van der Waals surface area contributed by atoms with Gasteiger partial charge >= 0.3 is 0 Å². The summed E-state index contributed by atoms with van der Waals surface area (Å²) in [5.41, 5.74) is 4.17. The number of rotatable bonds is 6. The summed E-state index contributed by atoms with van der Waals surface area (Å²) in [6.45, 7) is 5.27. The van der Waals surface area contributed by atoms with Crippen molar-refractivity contribution >= 4 is 11.6 Å². The van der Waals surface area contributed by atoms with Crippen molar-refractivity contribution in [3.05, 3.63) is 29.8 Å². The largest absolute Gasteiger partial charge is 0.336 e. The molecule has 1 aromatic rings. The first-order valence-electron chi connectivity index (χ1n) is 7.99. The van der Waals surface area contributed by atoms with Crippen molar-refractivity contribution in [2.45, 2.75) is 52.0 Å². The van der Waals surface area contributed by atoms with Crippen LogP contribution in [-0.4, -0.2) is 23.4 Å². The number of hydrogen-bond donors (Lipinski definition) is 2. The number of nitrogen functional groups attached to an aromatic ring is 1. The van der Waals surface area contributed by atoms with Gasteiger partial charge in [-0.2, -0.15) is 0 Å². The number of nitrogens with zero attached hydrogens (tertiary/aromatic N) is 1. The number of amides is 1. The van der Waals surface area contributed by atoms with Crippen molar-refractivity contribution in [2.75, 3.05) is 12.0 Å². The molecule has 1 aliphatic rings. The van der Waals surface area contributed by atoms with Crippen LogP contribution in [0.15, 0.2) is 24.3 Å². The summed E-state index contributed by atoms with van der Waals surface area (Å²) in [5.74, 6) is 6.15. The highest BCUT2D eigenvalue weighted by molar-refractivity contribution is 5.94. The second-order valence-corrected chi connectivity index (χ2v) is 6.34. The molecule has 0 unspecified atom stereocenters. The van der Waals surface area contributed by atoms with Crippen molar-refractivity contribution in [3.8, 4) is 0 Å². The van der Waals surface area contributed by atoms with Crippen LogP contribution < -0.4 is 11.3 Å². The third-order valence-corrected chi connectivity index (χ3v) is 4.27. The van der Waals surface area contributed by atoms with Crippen LogP contribution in [0.4, 0.5) is 5.69 Å². The molecule has 3 N–H and O–H groups in total. The molecule has 1 aliphatic carbocycles. The molecule has 1 aromatic carbocycles. The summed E-state index contributed by atoms with van der Waals surface area (Å²) in [4.78, 5) is 14.9. The maximum atomic E-state index is 12.8. The lowest BCUT2D eigenvalue weighted by atomic mass is 10.1. The van der Waals surface area contributed by atoms with Gasteiger partial charge in [-0.25, -0.2) is 0 Å². The van der Waals surface area contributed by atoms with Crippen LogP contribution in [0.3, 0.4) is 0 Å². The molecule has 0 aromatic heterocycles. The monoisotopic (exact) mass is 289 g/mol. The minimum atomic E-state index is 0.158. The van der Waals surface area contributed by atoms with E-state index in [1.807, 2.05) is 24.3 Å². The number of carbonyl (C=O) groups excluding carboxylic acids is 1. The molecule has 0 aliphatic heterocycles. The highest BCUT2D eigenvalue weighted by atomic mass is 16.2. The number of carbonyl (C=O) groups is 1. The first-order chi connectivity index (χ1) is 10.1. The minimum Gasteiger partial charge on any atom is -0.336 e. The van der Waals surface area contributed by atoms with Crippen LogP contribution in [0.1, 0.15) is 56.3 Å². The van der Waals surface area contributed by atoms with Gasteiger partial charge in [-0.15, -0.1) is 0 Å². The Balaban J connectivity index is 2.11. The van der Waals surface area contributed by atoms with Crippen molar-refractivity contribution in [3.63, 3.8) is 0 Å². The molecule has 21 heavy (non-hydrogen) atoms. The molecule has 0 spiro atoms. The number of hydrogen-bond acceptors (Lipinski definition) is 3. The SMILES string of the molecule is CC(C)CCN(C(=O)c1ccc(NN)cc1)C1CCCC1. The third kappa shape index (κ3) is 4.21. The highest BCUT2D eigenvalue weighted by Crippen LogP contribution is 2.26. The number of benzene rings is 1. The summed E-state index contributed by atoms with van der Waals surface area (Å²) < 4.78 is 0. The third-order valence-electron chi connectivity index (χ3n) is 4.27. The summed E-state index contributed by atoms with van der Waals surface area (Å²) >= 11 is 0. The Morgan fingerprint density at radius 3 is 2.43 bits per heavy atom. The van der Waals surface area contributed by atoms with Crippen molar-refractivity contribution in [1.29, 1.82) is 0 Å². The lowest BCUT2D eigenvalue weighted by Gasteiger charge is -2.30. The average molecular weight is 289 g/mol. The molecule has 0 bridgehead atoms. The number of hydrazine groups is 1. The van der Waals surface area contributed by atoms with Crippen LogP contribution in [0.5, 0.6) is 0 Å². The highest BCUT2D eigenvalue weighted by Gasteiger charge is 2.27. The normalized spacial score (nSPS) is 15.4. The Kier molecular flexibility index (Phi) is 5.62. The second kappa shape index (κ2) is 7.46. The quantitative estimate of drug-likeness (QED) is 0.623. The molecule has 4 nitrogen and oxygen atoms in total. The predicted octanol–water partition coefficient (Wildman–Crippen LogP) is 3.40. The van der Waals surface area contributed by atoms with E-state index in [1.54, 1.807) is 0 Å². The van der Waals surface area contributed by atoms with Gasteiger partial charge in [-0.05, 0) is 49.4 Å². The zero-order valence-corrected chi connectivity index (χ0v) is 13.1. The molecular weight excluding hydrogens is 262 g/mol. The van der Waals surface area contributed by atoms with E-state index in [-0.39, 0.29) is 5.91 Å². The molecule has 1 amide bonds. The number of nitrogens with two attached hydrogens (primary N) is 1. The van der Waals surface area contributed by atoms with Gasteiger partial charge in [0.05, 0.1) is 0 Å². The van der Waals surface area contributed by atoms with Gasteiger partial charge in [-0.3, -0.25) is 10.6 Å². The van der Waals surface area contributed by atoms with Crippen molar-refractivity contribution in [1.82, 2.24) is 4.90 Å². The van der Waals surface area contributed by atoms with Crippen LogP contribution in [-0.2, 0) is 0 Å². The van der Waals surface area contributed by atoms with Gasteiger partial charge in [-0.1, -0.05) is 26.7 Å². The van der Waals surface area contributed by atoms with E-state index in [0.717, 1.165) is 37.1 Å². The maximum Gasteiger partial charge on any atom is 0.254 e. The molecule has 2 rings (SSSR count). The lowest BCUT2D eigenvalue weighted by molar-refractivity contribution is 0.0672. The smallest absolute Gasteiger partial charge is 0.254 e. The van der Waals surface area contributed by atoms with E-state index in [4.69, 9.17) is 5.84 Å². The molecule has 0 saturated heterocycles. The van der Waals surface area contributed by atoms with Gasteiger partial charge in [0, 0.05) is 23.8 Å². The Hall–Kier alpha value is -1.55. The standard InChI is InChI=1S/C17H27N3O/c1-13(2)11-12-20(16-5-3-4-6-16)17(21)14-7-9-15(19-18)10-8-14/h7-10,13,16,19H,3-6,11-12,18H2,1-2H3. The van der Waals surface area contributed by atoms with E-state index in [9.17, 15) is 4.79 Å². The first-order valence-corrected chi connectivity index (χ1v) is 7.99. The molecule has 0 heterocycles. The first kappa shape index (κ1) is 15.8. The zero-order valence-electron chi connectivity index (χ0n) is 13.1. The Bertz CT molecular complexity index is 450. The van der Waals surface area contributed by atoms with Crippen molar-refractivity contribution < 1.29 is 4.79 Å². The Morgan fingerprint density at radius 2 is 1.90 bits per heavy atom. The van der Waals surface area contributed by atoms with Crippen LogP contribution >= 0.6 is 0 Å². The lowest BCUT2D eigenvalue weighted by Crippen LogP contribution is -2.40. The van der Waals surface area contributed by atoms with Gasteiger partial charge in [0.25, 0.3) is 5.91 Å². The van der Waals surface area contributed by atoms with E-state index >= 15 is 0 Å². The molecular formula is C17H27N3O. The molecule has 4 heteroatoms. The summed E-state index contributed by atoms with van der Waals surface area (Å²) in [6, 6.07) is 7.83. The van der Waals surface area contributed by atoms with Crippen LogP contribution in [0.2, 0.25) is 0 Å². The number of nitrogens with one attached hydrogen (secondary N) is 1. The average Bonchev–Trinajstić information content (AvgIpc) is 3.01. The summed E-state index contributed by atoms with van der Waals surface area (Å²) in [6.07, 6.45) is 5.83. The second-order valence-electron chi connectivity index (χ2n) is 6.34. The Labute approximate surface area is 127 Å². The summed E-state index contributed by atoms with van der Waals surface area (Å²) in [7, 11) is 0. The molecule has 1 saturated carbocycles. The van der Waals surface area contributed by atoms with Crippen molar-refractivity contribution in [2.24, 2.45) is 11.8 Å². The van der Waals surface area contributed by atoms with Gasteiger partial charge in [0.2, 0.25) is 0 Å². The molecule has 1 fully saturated rings. The molecule has 0 radical (unpaired) electrons. The van der Waals surface area contributed by atoms with Crippen LogP contribution in [0, 0.1) is 5.92 Å². The minimum absolute atomic E-state index is 0.158. The van der Waals surface area contributed by atoms with Gasteiger partial charge in [0.1, 0.15) is 0 Å². The van der Waals surface area contributed by atoms with E-state index in [0.29, 0.717) is 12.0 Å². The Morgan fingerprint density at radius 1 is 1.29 bits per heavy atom. The zero-order chi connectivity index (χ0) is 15.2. The van der Waals surface area contributed by atoms with Gasteiger partial charge in [0.15, 0.2) is 0 Å². The molecule has 116 valence electrons. The maximum absolute atomic E-state index is 12.8. The topological polar surface area (TPSA) is 58.4 Å². The van der Waals surface area contributed by atoms with E-state index in [1.165, 1.54) is 12.8 Å². The fraction of sp³-hybridized carbons (Fsp3) is 0.588. The summed E-state index contributed by atoms with van der Waals surface area (Å²) in [5, 5.41) is 0. The number of anilines is 1. The van der Waals surface area contributed by atoms with Gasteiger partial charge < -0.3 is 10.3 Å². The van der Waals surface area contributed by atoms with E-state index in [2.05, 4.69) is 24.2 Å². The fourth-order valence-electron chi connectivity index (χ4n) is 2.94. The van der Waals surface area contributed by atoms with Crippen LogP contribution in [0.25, 0.3) is 0 Å². The van der Waals surface area contributed by atoms with E-state index < -0.39 is 0 Å². The molecule has 0 atom stereocenters. The predicted molar refractivity (Wildman–Crippen MR) is 87.0 cm³/mol. The fourth-order valence-corrected chi connectivity index (χ4v) is 2.94.